The summed E-state index contributed by atoms with van der Waals surface area (Å²) in [5, 5.41) is 3.65. The number of carbonyl (C=O) groups is 1. The fraction of sp³-hybridized carbons (Fsp3) is 0.636. The Balaban J connectivity index is 1.95. The number of ether oxygens (including phenoxy) is 1. The Morgan fingerprint density at radius 3 is 3.31 bits per heavy atom. The van der Waals surface area contributed by atoms with Gasteiger partial charge in [-0.25, -0.2) is 0 Å². The number of nitrogens with zero attached hydrogens (tertiary/aromatic N) is 2. The second kappa shape index (κ2) is 5.12. The van der Waals surface area contributed by atoms with Crippen LogP contribution in [-0.4, -0.2) is 35.2 Å². The van der Waals surface area contributed by atoms with Crippen LogP contribution >= 0.6 is 0 Å². The Morgan fingerprint density at radius 2 is 2.62 bits per heavy atom. The zero-order chi connectivity index (χ0) is 11.4. The molecule has 1 saturated heterocycles. The minimum Gasteiger partial charge on any atom is -0.465 e. The van der Waals surface area contributed by atoms with Gasteiger partial charge in [0.15, 0.2) is 0 Å². The number of rotatable bonds is 4. The van der Waals surface area contributed by atoms with Crippen LogP contribution in [0.2, 0.25) is 0 Å². The van der Waals surface area contributed by atoms with Gasteiger partial charge >= 0.3 is 5.97 Å². The highest BCUT2D eigenvalue weighted by molar-refractivity contribution is 5.76. The van der Waals surface area contributed by atoms with Crippen molar-refractivity contribution in [3.8, 4) is 0 Å². The first-order valence-corrected chi connectivity index (χ1v) is 5.60. The number of aromatic nitrogens is 1. The molecule has 0 saturated carbocycles. The molecule has 1 aromatic rings. The normalized spacial score (nSPS) is 21.2. The number of esters is 1. The van der Waals surface area contributed by atoms with Crippen molar-refractivity contribution in [2.24, 2.45) is 0 Å². The molecule has 0 bridgehead atoms. The van der Waals surface area contributed by atoms with Gasteiger partial charge in [0, 0.05) is 12.1 Å². The van der Waals surface area contributed by atoms with Crippen molar-refractivity contribution in [3.05, 3.63) is 18.0 Å². The molecular weight excluding hydrogens is 208 g/mol. The van der Waals surface area contributed by atoms with E-state index in [1.807, 2.05) is 6.92 Å². The lowest BCUT2D eigenvalue weighted by atomic mass is 10.2. The highest BCUT2D eigenvalue weighted by Gasteiger charge is 2.31. The summed E-state index contributed by atoms with van der Waals surface area (Å²) < 4.78 is 9.83. The van der Waals surface area contributed by atoms with E-state index in [9.17, 15) is 4.79 Å². The number of carbonyl (C=O) groups excluding carboxylic acids is 1. The minimum absolute atomic E-state index is 0.102. The lowest BCUT2D eigenvalue weighted by Crippen LogP contribution is -2.36. The summed E-state index contributed by atoms with van der Waals surface area (Å²) in [6, 6.07) is -0.102. The van der Waals surface area contributed by atoms with E-state index in [1.54, 1.807) is 12.5 Å². The first-order valence-electron chi connectivity index (χ1n) is 5.60. The van der Waals surface area contributed by atoms with E-state index < -0.39 is 0 Å². The van der Waals surface area contributed by atoms with Crippen LogP contribution in [-0.2, 0) is 16.1 Å². The molecule has 1 unspecified atom stereocenters. The van der Waals surface area contributed by atoms with Gasteiger partial charge in [0.05, 0.1) is 12.8 Å². The van der Waals surface area contributed by atoms with E-state index in [0.717, 1.165) is 24.9 Å². The first kappa shape index (κ1) is 11.1. The zero-order valence-electron chi connectivity index (χ0n) is 9.39. The quantitative estimate of drug-likeness (QED) is 0.719. The first-order chi connectivity index (χ1) is 7.81. The molecule has 0 N–H and O–H groups in total. The maximum atomic E-state index is 11.7. The maximum Gasteiger partial charge on any atom is 0.323 e. The molecule has 1 fully saturated rings. The molecule has 5 nitrogen and oxygen atoms in total. The molecule has 5 heteroatoms. The van der Waals surface area contributed by atoms with Gasteiger partial charge < -0.3 is 9.26 Å². The van der Waals surface area contributed by atoms with Gasteiger partial charge in [-0.2, -0.15) is 0 Å². The Labute approximate surface area is 94.3 Å². The second-order valence-corrected chi connectivity index (χ2v) is 3.91. The lowest BCUT2D eigenvalue weighted by molar-refractivity contribution is -0.148. The Bertz CT molecular complexity index is 337. The highest BCUT2D eigenvalue weighted by atomic mass is 16.5. The summed E-state index contributed by atoms with van der Waals surface area (Å²) in [5.41, 5.74) is 0.996. The molecule has 2 heterocycles. The molecule has 1 aromatic heterocycles. The van der Waals surface area contributed by atoms with Crippen LogP contribution in [0.25, 0.3) is 0 Å². The molecule has 0 radical (unpaired) electrons. The average molecular weight is 224 g/mol. The maximum absolute atomic E-state index is 11.7. The molecule has 16 heavy (non-hydrogen) atoms. The molecule has 2 rings (SSSR count). The van der Waals surface area contributed by atoms with Crippen molar-refractivity contribution in [2.45, 2.75) is 32.4 Å². The van der Waals surface area contributed by atoms with Crippen LogP contribution in [0.3, 0.4) is 0 Å². The molecule has 0 aliphatic carbocycles. The van der Waals surface area contributed by atoms with Gasteiger partial charge in [-0.3, -0.25) is 9.69 Å². The Morgan fingerprint density at radius 1 is 1.75 bits per heavy atom. The number of likely N-dealkylation sites (tertiary alicyclic amines) is 1. The van der Waals surface area contributed by atoms with Crippen LogP contribution < -0.4 is 0 Å². The van der Waals surface area contributed by atoms with Crippen molar-refractivity contribution in [3.63, 3.8) is 0 Å². The zero-order valence-corrected chi connectivity index (χ0v) is 9.39. The third kappa shape index (κ3) is 2.41. The third-order valence-corrected chi connectivity index (χ3v) is 2.79. The summed E-state index contributed by atoms with van der Waals surface area (Å²) in [6.45, 7) is 3.90. The molecule has 1 aliphatic rings. The fourth-order valence-electron chi connectivity index (χ4n) is 2.06. The molecule has 1 aliphatic heterocycles. The van der Waals surface area contributed by atoms with Gasteiger partial charge in [-0.1, -0.05) is 5.16 Å². The summed E-state index contributed by atoms with van der Waals surface area (Å²) >= 11 is 0. The van der Waals surface area contributed by atoms with Crippen molar-refractivity contribution in [1.82, 2.24) is 10.1 Å². The third-order valence-electron chi connectivity index (χ3n) is 2.79. The molecule has 88 valence electrons. The number of hydrogen-bond donors (Lipinski definition) is 0. The smallest absolute Gasteiger partial charge is 0.323 e. The monoisotopic (exact) mass is 224 g/mol. The number of hydrogen-bond acceptors (Lipinski definition) is 5. The Kier molecular flexibility index (Phi) is 3.56. The van der Waals surface area contributed by atoms with Gasteiger partial charge in [0.25, 0.3) is 0 Å². The van der Waals surface area contributed by atoms with Gasteiger partial charge in [0.2, 0.25) is 0 Å². The molecule has 0 spiro atoms. The van der Waals surface area contributed by atoms with E-state index in [2.05, 4.69) is 10.1 Å². The lowest BCUT2D eigenvalue weighted by Gasteiger charge is -2.21. The molecular formula is C11H16N2O3. The van der Waals surface area contributed by atoms with Crippen LogP contribution in [0, 0.1) is 0 Å². The van der Waals surface area contributed by atoms with E-state index in [-0.39, 0.29) is 12.0 Å². The molecule has 0 amide bonds. The van der Waals surface area contributed by atoms with E-state index in [1.165, 1.54) is 0 Å². The SMILES string of the molecule is CCOC(=O)C1CCCN1Cc1cnoc1. The van der Waals surface area contributed by atoms with Gasteiger partial charge in [-0.15, -0.1) is 0 Å². The fourth-order valence-corrected chi connectivity index (χ4v) is 2.06. The second-order valence-electron chi connectivity index (χ2n) is 3.91. The van der Waals surface area contributed by atoms with Crippen molar-refractivity contribution >= 4 is 5.97 Å². The minimum atomic E-state index is -0.114. The van der Waals surface area contributed by atoms with E-state index in [0.29, 0.717) is 13.2 Å². The van der Waals surface area contributed by atoms with Crippen molar-refractivity contribution in [2.75, 3.05) is 13.2 Å². The van der Waals surface area contributed by atoms with E-state index >= 15 is 0 Å². The summed E-state index contributed by atoms with van der Waals surface area (Å²) in [5.74, 6) is -0.114. The van der Waals surface area contributed by atoms with Crippen LogP contribution in [0.1, 0.15) is 25.3 Å². The van der Waals surface area contributed by atoms with Crippen LogP contribution in [0.15, 0.2) is 17.0 Å². The average Bonchev–Trinajstić information content (AvgIpc) is 2.90. The summed E-state index contributed by atoms with van der Waals surface area (Å²) in [4.78, 5) is 13.8. The van der Waals surface area contributed by atoms with Gasteiger partial charge in [0.1, 0.15) is 12.3 Å². The van der Waals surface area contributed by atoms with Crippen molar-refractivity contribution in [1.29, 1.82) is 0 Å². The molecule has 1 atom stereocenters. The Hall–Kier alpha value is -1.36. The highest BCUT2D eigenvalue weighted by Crippen LogP contribution is 2.20. The largest absolute Gasteiger partial charge is 0.465 e. The van der Waals surface area contributed by atoms with Gasteiger partial charge in [-0.05, 0) is 26.3 Å². The topological polar surface area (TPSA) is 55.6 Å². The predicted octanol–water partition coefficient (Wildman–Crippen LogP) is 1.20. The van der Waals surface area contributed by atoms with Crippen LogP contribution in [0.4, 0.5) is 0 Å². The van der Waals surface area contributed by atoms with Crippen molar-refractivity contribution < 1.29 is 14.1 Å². The summed E-state index contributed by atoms with van der Waals surface area (Å²) in [6.07, 6.45) is 5.21. The van der Waals surface area contributed by atoms with Crippen LogP contribution in [0.5, 0.6) is 0 Å². The molecule has 0 aromatic carbocycles. The predicted molar refractivity (Wildman–Crippen MR) is 56.6 cm³/mol. The van der Waals surface area contributed by atoms with E-state index in [4.69, 9.17) is 9.26 Å². The standard InChI is InChI=1S/C11H16N2O3/c1-2-15-11(14)10-4-3-5-13(10)7-9-6-12-16-8-9/h6,8,10H,2-5,7H2,1H3. The summed E-state index contributed by atoms with van der Waals surface area (Å²) in [7, 11) is 0.